The summed E-state index contributed by atoms with van der Waals surface area (Å²) < 4.78 is 15.3. The summed E-state index contributed by atoms with van der Waals surface area (Å²) in [6.45, 7) is 2.50. The SMILES string of the molecule is CCCNC(=O)CCNC(=O)c1cc(OC)c(OC)c(OC)c1[N+](=O)[O-]. The lowest BCUT2D eigenvalue weighted by Gasteiger charge is -2.14. The van der Waals surface area contributed by atoms with Crippen molar-refractivity contribution in [1.29, 1.82) is 0 Å². The molecule has 0 aliphatic heterocycles. The van der Waals surface area contributed by atoms with Gasteiger partial charge in [0.15, 0.2) is 5.75 Å². The molecule has 0 aliphatic rings. The van der Waals surface area contributed by atoms with E-state index in [1.54, 1.807) is 0 Å². The zero-order chi connectivity index (χ0) is 19.7. The average molecular weight is 369 g/mol. The summed E-state index contributed by atoms with van der Waals surface area (Å²) in [6.07, 6.45) is 0.861. The molecule has 0 spiro atoms. The highest BCUT2D eigenvalue weighted by Gasteiger charge is 2.32. The van der Waals surface area contributed by atoms with Gasteiger partial charge in [0.1, 0.15) is 5.56 Å². The van der Waals surface area contributed by atoms with Crippen LogP contribution in [-0.4, -0.2) is 51.2 Å². The summed E-state index contributed by atoms with van der Waals surface area (Å²) in [6, 6.07) is 1.20. The molecule has 1 aromatic rings. The lowest BCUT2D eigenvalue weighted by molar-refractivity contribution is -0.386. The zero-order valence-electron chi connectivity index (χ0n) is 15.2. The van der Waals surface area contributed by atoms with E-state index in [4.69, 9.17) is 14.2 Å². The molecule has 10 nitrogen and oxygen atoms in total. The van der Waals surface area contributed by atoms with Crippen molar-refractivity contribution >= 4 is 17.5 Å². The Morgan fingerprint density at radius 3 is 2.23 bits per heavy atom. The van der Waals surface area contributed by atoms with E-state index in [1.165, 1.54) is 27.4 Å². The van der Waals surface area contributed by atoms with Crippen LogP contribution < -0.4 is 24.8 Å². The van der Waals surface area contributed by atoms with Crippen molar-refractivity contribution in [2.45, 2.75) is 19.8 Å². The molecular weight excluding hydrogens is 346 g/mol. The minimum Gasteiger partial charge on any atom is -0.493 e. The van der Waals surface area contributed by atoms with E-state index in [0.29, 0.717) is 6.54 Å². The number of nitrogens with zero attached hydrogens (tertiary/aromatic N) is 1. The summed E-state index contributed by atoms with van der Waals surface area (Å²) in [5.74, 6) is -1.04. The second-order valence-corrected chi connectivity index (χ2v) is 5.15. The molecule has 0 atom stereocenters. The fourth-order valence-corrected chi connectivity index (χ4v) is 2.23. The van der Waals surface area contributed by atoms with Crippen LogP contribution in [-0.2, 0) is 4.79 Å². The number of nitro groups is 1. The van der Waals surface area contributed by atoms with Gasteiger partial charge < -0.3 is 24.8 Å². The third-order valence-corrected chi connectivity index (χ3v) is 3.44. The van der Waals surface area contributed by atoms with Gasteiger partial charge >= 0.3 is 5.69 Å². The van der Waals surface area contributed by atoms with Gasteiger partial charge in [-0.1, -0.05) is 6.92 Å². The molecule has 2 amide bonds. The van der Waals surface area contributed by atoms with Crippen LogP contribution in [0.4, 0.5) is 5.69 Å². The Morgan fingerprint density at radius 2 is 1.73 bits per heavy atom. The standard InChI is InChI=1S/C16H23N3O7/c1-5-7-17-12(20)6-8-18-16(21)10-9-11(24-2)14(25-3)15(26-4)13(10)19(22)23/h9H,5-8H2,1-4H3,(H,17,20)(H,18,21). The number of carbonyl (C=O) groups is 2. The van der Waals surface area contributed by atoms with E-state index in [-0.39, 0.29) is 41.7 Å². The van der Waals surface area contributed by atoms with E-state index in [2.05, 4.69) is 10.6 Å². The van der Waals surface area contributed by atoms with Crippen LogP contribution in [0.1, 0.15) is 30.1 Å². The fraction of sp³-hybridized carbons (Fsp3) is 0.500. The molecule has 2 N–H and O–H groups in total. The van der Waals surface area contributed by atoms with Crippen molar-refractivity contribution in [2.75, 3.05) is 34.4 Å². The highest BCUT2D eigenvalue weighted by Crippen LogP contribution is 2.46. The van der Waals surface area contributed by atoms with Gasteiger partial charge in [-0.15, -0.1) is 0 Å². The summed E-state index contributed by atoms with van der Waals surface area (Å²) in [5, 5.41) is 16.6. The van der Waals surface area contributed by atoms with E-state index in [0.717, 1.165) is 6.42 Å². The highest BCUT2D eigenvalue weighted by molar-refractivity contribution is 6.00. The van der Waals surface area contributed by atoms with Gasteiger partial charge in [0.2, 0.25) is 17.4 Å². The number of rotatable bonds is 10. The Bertz CT molecular complexity index is 676. The number of nitro benzene ring substituents is 1. The first-order valence-corrected chi connectivity index (χ1v) is 7.93. The summed E-state index contributed by atoms with van der Waals surface area (Å²) in [5.41, 5.74) is -0.795. The molecule has 0 bridgehead atoms. The maximum atomic E-state index is 12.4. The number of carbonyl (C=O) groups excluding carboxylic acids is 2. The van der Waals surface area contributed by atoms with Crippen molar-refractivity contribution in [2.24, 2.45) is 0 Å². The Labute approximate surface area is 150 Å². The number of ether oxygens (including phenoxy) is 3. The van der Waals surface area contributed by atoms with Gasteiger partial charge in [-0.2, -0.15) is 0 Å². The molecule has 0 fully saturated rings. The predicted octanol–water partition coefficient (Wildman–Crippen LogP) is 1.27. The van der Waals surface area contributed by atoms with Crippen LogP contribution in [0.2, 0.25) is 0 Å². The van der Waals surface area contributed by atoms with Crippen molar-refractivity contribution < 1.29 is 28.7 Å². The monoisotopic (exact) mass is 369 g/mol. The second kappa shape index (κ2) is 10.1. The van der Waals surface area contributed by atoms with Crippen molar-refractivity contribution in [3.05, 3.63) is 21.7 Å². The van der Waals surface area contributed by atoms with Crippen molar-refractivity contribution in [3.8, 4) is 17.2 Å². The topological polar surface area (TPSA) is 129 Å². The van der Waals surface area contributed by atoms with E-state index >= 15 is 0 Å². The number of methoxy groups -OCH3 is 3. The normalized spacial score (nSPS) is 10.0. The predicted molar refractivity (Wildman–Crippen MR) is 93.0 cm³/mol. The van der Waals surface area contributed by atoms with Gasteiger partial charge in [-0.3, -0.25) is 19.7 Å². The van der Waals surface area contributed by atoms with Crippen LogP contribution in [0.15, 0.2) is 6.07 Å². The van der Waals surface area contributed by atoms with E-state index in [1.807, 2.05) is 6.92 Å². The van der Waals surface area contributed by atoms with Crippen LogP contribution in [0.3, 0.4) is 0 Å². The van der Waals surface area contributed by atoms with E-state index in [9.17, 15) is 19.7 Å². The Balaban J connectivity index is 3.08. The minimum atomic E-state index is -0.732. The Kier molecular flexibility index (Phi) is 8.13. The summed E-state index contributed by atoms with van der Waals surface area (Å²) in [7, 11) is 3.87. The first-order valence-electron chi connectivity index (χ1n) is 7.93. The quantitative estimate of drug-likeness (QED) is 0.469. The van der Waals surface area contributed by atoms with Crippen LogP contribution in [0.25, 0.3) is 0 Å². The van der Waals surface area contributed by atoms with Crippen molar-refractivity contribution in [1.82, 2.24) is 10.6 Å². The number of benzene rings is 1. The maximum absolute atomic E-state index is 12.4. The average Bonchev–Trinajstić information content (AvgIpc) is 2.63. The third-order valence-electron chi connectivity index (χ3n) is 3.44. The molecule has 26 heavy (non-hydrogen) atoms. The van der Waals surface area contributed by atoms with Gasteiger partial charge in [0, 0.05) is 25.6 Å². The lowest BCUT2D eigenvalue weighted by Crippen LogP contribution is -2.31. The number of hydrogen-bond acceptors (Lipinski definition) is 7. The number of nitrogens with one attached hydrogen (secondary N) is 2. The molecule has 1 rings (SSSR count). The molecule has 144 valence electrons. The fourth-order valence-electron chi connectivity index (χ4n) is 2.23. The molecule has 0 heterocycles. The Morgan fingerprint density at radius 1 is 1.08 bits per heavy atom. The molecule has 10 heteroatoms. The van der Waals surface area contributed by atoms with Crippen LogP contribution in [0, 0.1) is 10.1 Å². The smallest absolute Gasteiger partial charge is 0.327 e. The molecule has 0 saturated carbocycles. The first-order chi connectivity index (χ1) is 12.4. The van der Waals surface area contributed by atoms with Gasteiger partial charge in [-0.05, 0) is 6.42 Å². The molecule has 0 aromatic heterocycles. The molecule has 0 aliphatic carbocycles. The van der Waals surface area contributed by atoms with Crippen LogP contribution >= 0.6 is 0 Å². The van der Waals surface area contributed by atoms with E-state index < -0.39 is 16.5 Å². The molecule has 0 radical (unpaired) electrons. The third kappa shape index (κ3) is 4.98. The lowest BCUT2D eigenvalue weighted by atomic mass is 10.1. The largest absolute Gasteiger partial charge is 0.493 e. The maximum Gasteiger partial charge on any atom is 0.327 e. The summed E-state index contributed by atoms with van der Waals surface area (Å²) in [4.78, 5) is 34.7. The van der Waals surface area contributed by atoms with Crippen molar-refractivity contribution in [3.63, 3.8) is 0 Å². The molecule has 1 aromatic carbocycles. The summed E-state index contributed by atoms with van der Waals surface area (Å²) >= 11 is 0. The van der Waals surface area contributed by atoms with Gasteiger partial charge in [0.25, 0.3) is 5.91 Å². The minimum absolute atomic E-state index is 0.0113. The zero-order valence-corrected chi connectivity index (χ0v) is 15.2. The van der Waals surface area contributed by atoms with Gasteiger partial charge in [-0.25, -0.2) is 0 Å². The molecular formula is C16H23N3O7. The van der Waals surface area contributed by atoms with Gasteiger partial charge in [0.05, 0.1) is 26.3 Å². The highest BCUT2D eigenvalue weighted by atomic mass is 16.6. The van der Waals surface area contributed by atoms with Crippen LogP contribution in [0.5, 0.6) is 17.2 Å². The number of amides is 2. The second-order valence-electron chi connectivity index (χ2n) is 5.15. The first kappa shape index (κ1) is 21.0. The molecule has 0 saturated heterocycles. The Hall–Kier alpha value is -3.04. The number of hydrogen-bond donors (Lipinski definition) is 2. The molecule has 0 unspecified atom stereocenters.